The second-order valence-corrected chi connectivity index (χ2v) is 7.60. The van der Waals surface area contributed by atoms with Crippen molar-refractivity contribution in [3.63, 3.8) is 0 Å². The van der Waals surface area contributed by atoms with Crippen LogP contribution in [0.25, 0.3) is 0 Å². The van der Waals surface area contributed by atoms with Gasteiger partial charge in [0.15, 0.2) is 0 Å². The van der Waals surface area contributed by atoms with Crippen molar-refractivity contribution < 1.29 is 9.53 Å². The molecule has 1 aliphatic heterocycles. The zero-order valence-corrected chi connectivity index (χ0v) is 16.6. The molecule has 144 valence electrons. The van der Waals surface area contributed by atoms with Gasteiger partial charge in [0.25, 0.3) is 5.91 Å². The van der Waals surface area contributed by atoms with Crippen molar-refractivity contribution in [2.45, 2.75) is 0 Å². The number of rotatable bonds is 5. The van der Waals surface area contributed by atoms with Crippen LogP contribution < -0.4 is 19.9 Å². The first-order valence-electron chi connectivity index (χ1n) is 9.32. The van der Waals surface area contributed by atoms with Gasteiger partial charge in [-0.15, -0.1) is 11.3 Å². The van der Waals surface area contributed by atoms with Crippen molar-refractivity contribution >= 4 is 34.3 Å². The summed E-state index contributed by atoms with van der Waals surface area (Å²) in [5, 5.41) is 4.85. The molecule has 1 aromatic heterocycles. The van der Waals surface area contributed by atoms with Crippen LogP contribution in [-0.2, 0) is 0 Å². The van der Waals surface area contributed by atoms with E-state index in [1.54, 1.807) is 7.11 Å². The molecule has 0 unspecified atom stereocenters. The number of amides is 1. The molecule has 1 amide bonds. The summed E-state index contributed by atoms with van der Waals surface area (Å²) in [7, 11) is 1.69. The maximum absolute atomic E-state index is 12.1. The van der Waals surface area contributed by atoms with E-state index in [1.807, 2.05) is 41.8 Å². The largest absolute Gasteiger partial charge is 0.497 e. The lowest BCUT2D eigenvalue weighted by atomic mass is 10.2. The third-order valence-electron chi connectivity index (χ3n) is 4.95. The summed E-state index contributed by atoms with van der Waals surface area (Å²) in [5.41, 5.74) is 3.23. The molecule has 1 N–H and O–H groups in total. The molecule has 3 aromatic rings. The first-order chi connectivity index (χ1) is 13.7. The molecule has 2 aromatic carbocycles. The fraction of sp³-hybridized carbons (Fsp3) is 0.227. The molecular weight excluding hydrogens is 370 g/mol. The molecule has 1 saturated heterocycles. The van der Waals surface area contributed by atoms with Gasteiger partial charge < -0.3 is 19.9 Å². The Hall–Kier alpha value is -2.99. The Kier molecular flexibility index (Phi) is 5.48. The van der Waals surface area contributed by atoms with Crippen molar-refractivity contribution in [1.29, 1.82) is 0 Å². The second-order valence-electron chi connectivity index (χ2n) is 6.65. The molecule has 28 heavy (non-hydrogen) atoms. The molecule has 4 rings (SSSR count). The fourth-order valence-corrected chi connectivity index (χ4v) is 3.99. The minimum Gasteiger partial charge on any atom is -0.497 e. The Balaban J connectivity index is 1.33. The quantitative estimate of drug-likeness (QED) is 0.701. The molecule has 0 aliphatic carbocycles. The van der Waals surface area contributed by atoms with Gasteiger partial charge in [0.05, 0.1) is 12.0 Å². The van der Waals surface area contributed by atoms with Gasteiger partial charge in [-0.25, -0.2) is 0 Å². The van der Waals surface area contributed by atoms with E-state index in [4.69, 9.17) is 4.74 Å². The monoisotopic (exact) mass is 393 g/mol. The van der Waals surface area contributed by atoms with Crippen LogP contribution in [0.5, 0.6) is 5.75 Å². The molecule has 1 fully saturated rings. The van der Waals surface area contributed by atoms with Crippen LogP contribution in [0.4, 0.5) is 17.1 Å². The summed E-state index contributed by atoms with van der Waals surface area (Å²) in [5.74, 6) is 0.824. The number of nitrogens with one attached hydrogen (secondary N) is 1. The van der Waals surface area contributed by atoms with Gasteiger partial charge >= 0.3 is 0 Å². The lowest BCUT2D eigenvalue weighted by molar-refractivity contribution is 0.103. The number of nitrogens with zero attached hydrogens (tertiary/aromatic N) is 2. The average molecular weight is 394 g/mol. The number of benzene rings is 2. The van der Waals surface area contributed by atoms with Gasteiger partial charge in [-0.1, -0.05) is 6.07 Å². The highest BCUT2D eigenvalue weighted by Gasteiger charge is 2.17. The van der Waals surface area contributed by atoms with Crippen molar-refractivity contribution in [2.24, 2.45) is 0 Å². The first-order valence-corrected chi connectivity index (χ1v) is 10.2. The number of carbonyl (C=O) groups is 1. The van der Waals surface area contributed by atoms with Crippen LogP contribution in [0, 0.1) is 0 Å². The van der Waals surface area contributed by atoms with Crippen LogP contribution in [0.3, 0.4) is 0 Å². The summed E-state index contributed by atoms with van der Waals surface area (Å²) in [6.07, 6.45) is 0. The standard InChI is InChI=1S/C22H23N3O2S/c1-27-20-10-8-19(9-11-20)25-14-12-24(13-15-25)18-6-4-17(5-7-18)23-22(26)21-3-2-16-28-21/h2-11,16H,12-15H2,1H3,(H,23,26). The Morgan fingerprint density at radius 2 is 1.46 bits per heavy atom. The SMILES string of the molecule is COc1ccc(N2CCN(c3ccc(NC(=O)c4cccs4)cc3)CC2)cc1. The summed E-state index contributed by atoms with van der Waals surface area (Å²) < 4.78 is 5.23. The number of hydrogen-bond donors (Lipinski definition) is 1. The summed E-state index contributed by atoms with van der Waals surface area (Å²) in [4.78, 5) is 17.6. The predicted molar refractivity (Wildman–Crippen MR) is 116 cm³/mol. The van der Waals surface area contributed by atoms with E-state index in [1.165, 1.54) is 22.7 Å². The van der Waals surface area contributed by atoms with E-state index in [0.717, 1.165) is 42.5 Å². The minimum absolute atomic E-state index is 0.0594. The highest BCUT2D eigenvalue weighted by atomic mass is 32.1. The van der Waals surface area contributed by atoms with Gasteiger partial charge in [-0.2, -0.15) is 0 Å². The molecule has 6 heteroatoms. The van der Waals surface area contributed by atoms with Crippen LogP contribution in [0.15, 0.2) is 66.0 Å². The molecule has 0 atom stereocenters. The van der Waals surface area contributed by atoms with E-state index in [2.05, 4.69) is 39.4 Å². The molecule has 0 spiro atoms. The van der Waals surface area contributed by atoms with Crippen LogP contribution in [0.1, 0.15) is 9.67 Å². The molecule has 5 nitrogen and oxygen atoms in total. The van der Waals surface area contributed by atoms with Crippen molar-refractivity contribution in [3.05, 3.63) is 70.9 Å². The van der Waals surface area contributed by atoms with Gasteiger partial charge in [-0.05, 0) is 60.0 Å². The Bertz CT molecular complexity index is 900. The van der Waals surface area contributed by atoms with Gasteiger partial charge in [0.2, 0.25) is 0 Å². The molecule has 1 aliphatic rings. The third kappa shape index (κ3) is 4.12. The second kappa shape index (κ2) is 8.35. The topological polar surface area (TPSA) is 44.8 Å². The van der Waals surface area contributed by atoms with Crippen LogP contribution in [-0.4, -0.2) is 39.2 Å². The molecular formula is C22H23N3O2S. The number of carbonyl (C=O) groups excluding carboxylic acids is 1. The van der Waals surface area contributed by atoms with Crippen LogP contribution in [0.2, 0.25) is 0 Å². The van der Waals surface area contributed by atoms with Crippen LogP contribution >= 0.6 is 11.3 Å². The van der Waals surface area contributed by atoms with E-state index in [0.29, 0.717) is 0 Å². The number of anilines is 3. The molecule has 2 heterocycles. The van der Waals surface area contributed by atoms with Crippen molar-refractivity contribution in [3.8, 4) is 5.75 Å². The summed E-state index contributed by atoms with van der Waals surface area (Å²) >= 11 is 1.44. The molecule has 0 radical (unpaired) electrons. The number of piperazine rings is 1. The highest BCUT2D eigenvalue weighted by Crippen LogP contribution is 2.24. The number of ether oxygens (including phenoxy) is 1. The number of methoxy groups -OCH3 is 1. The Morgan fingerprint density at radius 1 is 0.893 bits per heavy atom. The third-order valence-corrected chi connectivity index (χ3v) is 5.82. The smallest absolute Gasteiger partial charge is 0.265 e. The van der Waals surface area contributed by atoms with E-state index >= 15 is 0 Å². The van der Waals surface area contributed by atoms with E-state index < -0.39 is 0 Å². The lowest BCUT2D eigenvalue weighted by Gasteiger charge is -2.37. The average Bonchev–Trinajstić information content (AvgIpc) is 3.30. The predicted octanol–water partition coefficient (Wildman–Crippen LogP) is 4.34. The van der Waals surface area contributed by atoms with Gasteiger partial charge in [-0.3, -0.25) is 4.79 Å². The minimum atomic E-state index is -0.0594. The van der Waals surface area contributed by atoms with E-state index in [-0.39, 0.29) is 5.91 Å². The van der Waals surface area contributed by atoms with E-state index in [9.17, 15) is 4.79 Å². The van der Waals surface area contributed by atoms with Gasteiger partial charge in [0, 0.05) is 43.2 Å². The van der Waals surface area contributed by atoms with Crippen molar-refractivity contribution in [1.82, 2.24) is 0 Å². The highest BCUT2D eigenvalue weighted by molar-refractivity contribution is 7.12. The Labute approximate surface area is 169 Å². The normalized spacial score (nSPS) is 14.0. The Morgan fingerprint density at radius 3 is 1.96 bits per heavy atom. The van der Waals surface area contributed by atoms with Crippen molar-refractivity contribution in [2.75, 3.05) is 48.4 Å². The molecule has 0 bridgehead atoms. The number of thiophene rings is 1. The first kappa shape index (κ1) is 18.4. The summed E-state index contributed by atoms with van der Waals surface area (Å²) in [6.45, 7) is 3.88. The molecule has 0 saturated carbocycles. The zero-order chi connectivity index (χ0) is 19.3. The summed E-state index contributed by atoms with van der Waals surface area (Å²) in [6, 6.07) is 20.0. The fourth-order valence-electron chi connectivity index (χ4n) is 3.37. The maximum atomic E-state index is 12.1. The number of hydrogen-bond acceptors (Lipinski definition) is 5. The maximum Gasteiger partial charge on any atom is 0.265 e. The lowest BCUT2D eigenvalue weighted by Crippen LogP contribution is -2.46. The zero-order valence-electron chi connectivity index (χ0n) is 15.8. The van der Waals surface area contributed by atoms with Gasteiger partial charge in [0.1, 0.15) is 5.75 Å².